The minimum atomic E-state index is -0.583. The van der Waals surface area contributed by atoms with Crippen LogP contribution in [0.15, 0.2) is 36.8 Å². The van der Waals surface area contributed by atoms with E-state index in [-0.39, 0.29) is 17.0 Å². The van der Waals surface area contributed by atoms with Gasteiger partial charge in [-0.3, -0.25) is 14.9 Å². The number of ether oxygens (including phenoxy) is 1. The number of rotatable bonds is 4. The van der Waals surface area contributed by atoms with Crippen molar-refractivity contribution in [1.29, 1.82) is 0 Å². The number of carbonyl (C=O) groups excluding carboxylic acids is 1. The molecule has 0 saturated heterocycles. The first-order valence-corrected chi connectivity index (χ1v) is 3.93. The van der Waals surface area contributed by atoms with Crippen LogP contribution in [0.2, 0.25) is 0 Å². The number of nitrogens with zero attached hydrogens (tertiary/aromatic N) is 1. The predicted octanol–water partition coefficient (Wildman–Crippen LogP) is 2.08. The predicted molar refractivity (Wildman–Crippen MR) is 52.8 cm³/mol. The summed E-state index contributed by atoms with van der Waals surface area (Å²) in [6.07, 6.45) is 1.65. The van der Waals surface area contributed by atoms with Gasteiger partial charge in [0.15, 0.2) is 6.29 Å². The Hall–Kier alpha value is -2.39. The van der Waals surface area contributed by atoms with E-state index in [4.69, 9.17) is 4.74 Å². The molecule has 5 heteroatoms. The summed E-state index contributed by atoms with van der Waals surface area (Å²) in [5.74, 6) is 0.228. The summed E-state index contributed by atoms with van der Waals surface area (Å²) in [6, 6.07) is 3.73. The molecule has 15 heavy (non-hydrogen) atoms. The zero-order valence-electron chi connectivity index (χ0n) is 7.67. The highest BCUT2D eigenvalue weighted by molar-refractivity contribution is 5.80. The summed E-state index contributed by atoms with van der Waals surface area (Å²) < 4.78 is 4.96. The van der Waals surface area contributed by atoms with E-state index in [1.165, 1.54) is 12.1 Å². The summed E-state index contributed by atoms with van der Waals surface area (Å²) in [5.41, 5.74) is 2.30. The fourth-order valence-electron chi connectivity index (χ4n) is 0.954. The number of carbonyl (C=O) groups is 1. The van der Waals surface area contributed by atoms with Crippen molar-refractivity contribution >= 4 is 12.0 Å². The van der Waals surface area contributed by atoms with Gasteiger partial charge in [-0.2, -0.15) is 0 Å². The number of aldehydes is 1. The Balaban J connectivity index is 3.14. The van der Waals surface area contributed by atoms with Crippen molar-refractivity contribution in [3.63, 3.8) is 0 Å². The molecule has 0 bridgehead atoms. The molecule has 0 N–H and O–H groups in total. The first-order valence-electron chi connectivity index (χ1n) is 3.93. The van der Waals surface area contributed by atoms with E-state index >= 15 is 0 Å². The van der Waals surface area contributed by atoms with Crippen molar-refractivity contribution in [2.45, 2.75) is 0 Å². The Labute approximate surface area is 85.4 Å². The number of hydrogen-bond donors (Lipinski definition) is 0. The molecule has 0 fully saturated rings. The lowest BCUT2D eigenvalue weighted by atomic mass is 10.2. The van der Waals surface area contributed by atoms with Crippen LogP contribution in [0.1, 0.15) is 10.4 Å². The van der Waals surface area contributed by atoms with Crippen LogP contribution in [0.5, 0.6) is 5.75 Å². The van der Waals surface area contributed by atoms with Crippen LogP contribution >= 0.6 is 0 Å². The third-order valence-electron chi connectivity index (χ3n) is 1.60. The van der Waals surface area contributed by atoms with Crippen molar-refractivity contribution in [2.24, 2.45) is 0 Å². The van der Waals surface area contributed by atoms with Crippen molar-refractivity contribution < 1.29 is 14.5 Å². The molecule has 0 atom stereocenters. The van der Waals surface area contributed by atoms with Gasteiger partial charge in [-0.05, 0) is 6.07 Å². The lowest BCUT2D eigenvalue weighted by Crippen LogP contribution is -1.93. The molecule has 0 spiro atoms. The molecule has 1 rings (SSSR count). The molecule has 0 unspecified atom stereocenters. The number of nitro benzene ring substituents is 1. The molecule has 0 amide bonds. The van der Waals surface area contributed by atoms with Crippen LogP contribution < -0.4 is 4.74 Å². The molecule has 76 valence electrons. The zero-order chi connectivity index (χ0) is 11.3. The molecule has 1 aromatic carbocycles. The summed E-state index contributed by atoms with van der Waals surface area (Å²) in [7, 11) is 0. The second-order valence-corrected chi connectivity index (χ2v) is 2.54. The Kier molecular flexibility index (Phi) is 3.38. The Morgan fingerprint density at radius 1 is 1.53 bits per heavy atom. The quantitative estimate of drug-likeness (QED) is 0.248. The van der Waals surface area contributed by atoms with Crippen molar-refractivity contribution in [2.75, 3.05) is 0 Å². The lowest BCUT2D eigenvalue weighted by molar-refractivity contribution is -0.384. The molecule has 0 aromatic heterocycles. The summed E-state index contributed by atoms with van der Waals surface area (Å²) in [6.45, 7) is 3.27. The maximum atomic E-state index is 10.6. The lowest BCUT2D eigenvalue weighted by Gasteiger charge is -2.01. The third-order valence-corrected chi connectivity index (χ3v) is 1.60. The smallest absolute Gasteiger partial charge is 0.270 e. The third kappa shape index (κ3) is 2.52. The number of hydrogen-bond acceptors (Lipinski definition) is 4. The van der Waals surface area contributed by atoms with E-state index in [2.05, 4.69) is 12.3 Å². The number of non-ortho nitro benzene ring substituents is 1. The van der Waals surface area contributed by atoms with Gasteiger partial charge in [0.25, 0.3) is 5.69 Å². The molecular weight excluding hydrogens is 198 g/mol. The SMILES string of the molecule is C=C=COc1ccc([N+](=O)[O-])cc1C=O. The highest BCUT2D eigenvalue weighted by Crippen LogP contribution is 2.22. The summed E-state index contributed by atoms with van der Waals surface area (Å²) in [4.78, 5) is 20.4. The van der Waals surface area contributed by atoms with Crippen LogP contribution in [0.25, 0.3) is 0 Å². The maximum Gasteiger partial charge on any atom is 0.270 e. The molecule has 0 aliphatic rings. The molecule has 0 saturated carbocycles. The molecule has 0 aliphatic carbocycles. The molecule has 0 aliphatic heterocycles. The van der Waals surface area contributed by atoms with Crippen LogP contribution in [-0.4, -0.2) is 11.2 Å². The highest BCUT2D eigenvalue weighted by Gasteiger charge is 2.10. The number of nitro groups is 1. The second-order valence-electron chi connectivity index (χ2n) is 2.54. The number of benzene rings is 1. The van der Waals surface area contributed by atoms with Crippen LogP contribution in [0.4, 0.5) is 5.69 Å². The fraction of sp³-hybridized carbons (Fsp3) is 0. The van der Waals surface area contributed by atoms with E-state index in [9.17, 15) is 14.9 Å². The minimum absolute atomic E-state index is 0.107. The maximum absolute atomic E-state index is 10.6. The van der Waals surface area contributed by atoms with E-state index in [1.54, 1.807) is 0 Å². The van der Waals surface area contributed by atoms with Crippen LogP contribution in [0.3, 0.4) is 0 Å². The van der Waals surface area contributed by atoms with Crippen LogP contribution in [-0.2, 0) is 0 Å². The zero-order valence-corrected chi connectivity index (χ0v) is 7.67. The normalized spacial score (nSPS) is 8.80. The van der Waals surface area contributed by atoms with Crippen molar-refractivity contribution in [1.82, 2.24) is 0 Å². The first kappa shape index (κ1) is 10.7. The van der Waals surface area contributed by atoms with Gasteiger partial charge in [-0.1, -0.05) is 12.3 Å². The Bertz CT molecular complexity index is 447. The molecular formula is C10H7NO4. The highest BCUT2D eigenvalue weighted by atomic mass is 16.6. The van der Waals surface area contributed by atoms with Crippen molar-refractivity contribution in [3.05, 3.63) is 52.4 Å². The van der Waals surface area contributed by atoms with E-state index in [0.717, 1.165) is 12.3 Å². The Morgan fingerprint density at radius 3 is 2.80 bits per heavy atom. The van der Waals surface area contributed by atoms with Gasteiger partial charge in [0.1, 0.15) is 12.0 Å². The monoisotopic (exact) mass is 205 g/mol. The Morgan fingerprint density at radius 2 is 2.27 bits per heavy atom. The van der Waals surface area contributed by atoms with Gasteiger partial charge in [-0.25, -0.2) is 0 Å². The topological polar surface area (TPSA) is 69.4 Å². The molecule has 1 aromatic rings. The molecule has 0 heterocycles. The van der Waals surface area contributed by atoms with Gasteiger partial charge < -0.3 is 4.74 Å². The average Bonchev–Trinajstić information content (AvgIpc) is 2.25. The van der Waals surface area contributed by atoms with E-state index in [0.29, 0.717) is 6.29 Å². The second kappa shape index (κ2) is 4.74. The average molecular weight is 205 g/mol. The van der Waals surface area contributed by atoms with Gasteiger partial charge >= 0.3 is 0 Å². The fourth-order valence-corrected chi connectivity index (χ4v) is 0.954. The van der Waals surface area contributed by atoms with Gasteiger partial charge in [0, 0.05) is 12.1 Å². The first-order chi connectivity index (χ1) is 7.19. The summed E-state index contributed by atoms with van der Waals surface area (Å²) >= 11 is 0. The van der Waals surface area contributed by atoms with Crippen LogP contribution in [0, 0.1) is 10.1 Å². The molecule has 5 nitrogen and oxygen atoms in total. The standard InChI is InChI=1S/C10H7NO4/c1-2-5-15-10-4-3-9(11(13)14)6-8(10)7-12/h3-7H,1H2. The summed E-state index contributed by atoms with van der Waals surface area (Å²) in [5, 5.41) is 10.4. The van der Waals surface area contributed by atoms with Gasteiger partial charge in [-0.15, -0.1) is 0 Å². The minimum Gasteiger partial charge on any atom is -0.456 e. The van der Waals surface area contributed by atoms with Crippen molar-refractivity contribution in [3.8, 4) is 5.75 Å². The van der Waals surface area contributed by atoms with Gasteiger partial charge in [0.05, 0.1) is 10.5 Å². The van der Waals surface area contributed by atoms with E-state index in [1.807, 2.05) is 0 Å². The molecule has 0 radical (unpaired) electrons. The largest absolute Gasteiger partial charge is 0.456 e. The van der Waals surface area contributed by atoms with Gasteiger partial charge in [0.2, 0.25) is 0 Å². The van der Waals surface area contributed by atoms with E-state index < -0.39 is 4.92 Å².